The van der Waals surface area contributed by atoms with E-state index < -0.39 is 0 Å². The third kappa shape index (κ3) is 3.70. The fourth-order valence-corrected chi connectivity index (χ4v) is 3.27. The van der Waals surface area contributed by atoms with E-state index >= 15 is 0 Å². The number of aryl methyl sites for hydroxylation is 1. The number of nitrogens with one attached hydrogen (secondary N) is 1. The van der Waals surface area contributed by atoms with Crippen molar-refractivity contribution in [2.75, 3.05) is 0 Å². The van der Waals surface area contributed by atoms with Crippen LogP contribution in [-0.4, -0.2) is 14.6 Å². The van der Waals surface area contributed by atoms with Crippen molar-refractivity contribution >= 4 is 34.4 Å². The maximum absolute atomic E-state index is 12.6. The molecule has 5 nitrogen and oxygen atoms in total. The predicted octanol–water partition coefficient (Wildman–Crippen LogP) is 4.27. The van der Waals surface area contributed by atoms with Gasteiger partial charge in [0.1, 0.15) is 0 Å². The highest BCUT2D eigenvalue weighted by Crippen LogP contribution is 2.29. The smallest absolute Gasteiger partial charge is 0.273 e. The molecule has 138 valence electrons. The first-order valence-electron chi connectivity index (χ1n) is 8.21. The van der Waals surface area contributed by atoms with Gasteiger partial charge < -0.3 is 5.73 Å². The topological polar surface area (TPSA) is 76.2 Å². The first kappa shape index (κ1) is 19.0. The van der Waals surface area contributed by atoms with Crippen molar-refractivity contribution in [2.45, 2.75) is 13.3 Å². The van der Waals surface area contributed by atoms with Gasteiger partial charge in [-0.25, -0.2) is 9.50 Å². The fourth-order valence-electron chi connectivity index (χ4n) is 2.89. The number of fused-ring (bicyclic) bond motifs is 1. The van der Waals surface area contributed by atoms with Crippen LogP contribution in [0.5, 0.6) is 0 Å². The zero-order valence-corrected chi connectivity index (χ0v) is 16.2. The monoisotopic (exact) mass is 400 g/mol. The summed E-state index contributed by atoms with van der Waals surface area (Å²) in [4.78, 5) is 17.3. The number of aromatic nitrogens is 3. The first-order valence-corrected chi connectivity index (χ1v) is 8.97. The minimum Gasteiger partial charge on any atom is -0.405 e. The maximum Gasteiger partial charge on any atom is 0.273 e. The molecule has 27 heavy (non-hydrogen) atoms. The van der Waals surface area contributed by atoms with Crippen LogP contribution in [0.25, 0.3) is 11.2 Å². The lowest BCUT2D eigenvalue weighted by molar-refractivity contribution is 0.878. The Morgan fingerprint density at radius 1 is 1.41 bits per heavy atom. The van der Waals surface area contributed by atoms with E-state index in [9.17, 15) is 4.79 Å². The van der Waals surface area contributed by atoms with Crippen LogP contribution in [0.15, 0.2) is 60.1 Å². The number of nitrogens with two attached hydrogens (primary N) is 1. The molecule has 0 atom stereocenters. The molecule has 0 unspecified atom stereocenters. The molecule has 0 spiro atoms. The van der Waals surface area contributed by atoms with Crippen LogP contribution in [0.3, 0.4) is 0 Å². The number of H-pyrrole nitrogens is 1. The van der Waals surface area contributed by atoms with Gasteiger partial charge in [-0.1, -0.05) is 54.1 Å². The van der Waals surface area contributed by atoms with Crippen molar-refractivity contribution in [3.63, 3.8) is 0 Å². The third-order valence-electron chi connectivity index (χ3n) is 4.19. The molecule has 7 heteroatoms. The van der Waals surface area contributed by atoms with E-state index in [-0.39, 0.29) is 5.56 Å². The molecule has 0 fully saturated rings. The Kier molecular flexibility index (Phi) is 5.54. The van der Waals surface area contributed by atoms with Crippen molar-refractivity contribution in [1.82, 2.24) is 14.6 Å². The van der Waals surface area contributed by atoms with E-state index in [0.717, 1.165) is 16.8 Å². The Morgan fingerprint density at radius 3 is 2.89 bits per heavy atom. The number of allylic oxidation sites excluding steroid dienone is 4. The van der Waals surface area contributed by atoms with Crippen LogP contribution < -0.4 is 11.3 Å². The van der Waals surface area contributed by atoms with Gasteiger partial charge in [-0.3, -0.25) is 9.89 Å². The van der Waals surface area contributed by atoms with Crippen molar-refractivity contribution in [3.05, 3.63) is 98.2 Å². The molecule has 3 N–H and O–H groups in total. The Labute approximate surface area is 166 Å². The van der Waals surface area contributed by atoms with E-state index in [1.807, 2.05) is 19.1 Å². The number of hydrogen-bond donors (Lipinski definition) is 2. The van der Waals surface area contributed by atoms with E-state index in [0.29, 0.717) is 33.4 Å². The van der Waals surface area contributed by atoms with Gasteiger partial charge in [0.15, 0.2) is 5.65 Å². The van der Waals surface area contributed by atoms with Gasteiger partial charge in [-0.2, -0.15) is 0 Å². The molecule has 0 aliphatic rings. The molecule has 3 rings (SSSR count). The largest absolute Gasteiger partial charge is 0.405 e. The summed E-state index contributed by atoms with van der Waals surface area (Å²) in [5.74, 6) is 0. The normalized spacial score (nSPS) is 12.2. The van der Waals surface area contributed by atoms with E-state index in [1.54, 1.807) is 24.3 Å². The van der Waals surface area contributed by atoms with E-state index in [1.165, 1.54) is 16.8 Å². The second-order valence-corrected chi connectivity index (χ2v) is 6.75. The number of aromatic amines is 1. The third-order valence-corrected chi connectivity index (χ3v) is 5.05. The van der Waals surface area contributed by atoms with Crippen LogP contribution >= 0.6 is 23.2 Å². The lowest BCUT2D eigenvalue weighted by Crippen LogP contribution is -2.15. The minimum absolute atomic E-state index is 0.220. The molecule has 2 aromatic heterocycles. The Morgan fingerprint density at radius 2 is 2.19 bits per heavy atom. The van der Waals surface area contributed by atoms with Crippen LogP contribution in [0, 0.1) is 6.92 Å². The molecule has 0 saturated heterocycles. The standard InChI is InChI=1S/C20H18Cl2N4O/c1-3-5-13(8-9-23)17-11-18(27)26-20(24-17)15(12(2)25-26)10-14-6-4-7-16(21)19(14)22/h3-9,11,25H,1,10,23H2,2H3/b9-8-,13-5+. The summed E-state index contributed by atoms with van der Waals surface area (Å²) < 4.78 is 1.42. The summed E-state index contributed by atoms with van der Waals surface area (Å²) >= 11 is 12.5. The van der Waals surface area contributed by atoms with E-state index in [2.05, 4.69) is 16.7 Å². The van der Waals surface area contributed by atoms with Crippen molar-refractivity contribution < 1.29 is 0 Å². The van der Waals surface area contributed by atoms with Gasteiger partial charge in [0, 0.05) is 29.3 Å². The minimum atomic E-state index is -0.220. The van der Waals surface area contributed by atoms with Gasteiger partial charge >= 0.3 is 0 Å². The number of benzene rings is 1. The molecule has 2 heterocycles. The SMILES string of the molecule is C=C/C=C(\C=C/N)c1cc(=O)n2[nH]c(C)c(Cc3cccc(Cl)c3Cl)c2n1. The molecule has 0 bridgehead atoms. The van der Waals surface area contributed by atoms with Crippen molar-refractivity contribution in [3.8, 4) is 0 Å². The Balaban J connectivity index is 2.20. The Hall–Kier alpha value is -2.76. The molecule has 0 amide bonds. The van der Waals surface area contributed by atoms with Gasteiger partial charge in [0.25, 0.3) is 5.56 Å². The van der Waals surface area contributed by atoms with Crippen LogP contribution in [0.2, 0.25) is 10.0 Å². The van der Waals surface area contributed by atoms with Crippen molar-refractivity contribution in [2.24, 2.45) is 5.73 Å². The second-order valence-electron chi connectivity index (χ2n) is 5.96. The predicted molar refractivity (Wildman–Crippen MR) is 111 cm³/mol. The van der Waals surface area contributed by atoms with Crippen LogP contribution in [-0.2, 0) is 6.42 Å². The quantitative estimate of drug-likeness (QED) is 0.627. The number of rotatable bonds is 5. The van der Waals surface area contributed by atoms with Crippen LogP contribution in [0.4, 0.5) is 0 Å². The molecule has 0 radical (unpaired) electrons. The van der Waals surface area contributed by atoms with Gasteiger partial charge in [0.2, 0.25) is 0 Å². The van der Waals surface area contributed by atoms with Gasteiger partial charge in [0.05, 0.1) is 15.7 Å². The molecule has 0 saturated carbocycles. The molecule has 1 aromatic carbocycles. The van der Waals surface area contributed by atoms with Gasteiger partial charge in [-0.15, -0.1) is 0 Å². The fraction of sp³-hybridized carbons (Fsp3) is 0.100. The maximum atomic E-state index is 12.6. The molecule has 0 aliphatic heterocycles. The zero-order valence-electron chi connectivity index (χ0n) is 14.7. The summed E-state index contributed by atoms with van der Waals surface area (Å²) in [7, 11) is 0. The molecular weight excluding hydrogens is 383 g/mol. The van der Waals surface area contributed by atoms with Crippen LogP contribution in [0.1, 0.15) is 22.5 Å². The molecule has 0 aliphatic carbocycles. The highest BCUT2D eigenvalue weighted by molar-refractivity contribution is 6.42. The molecular formula is C20H18Cl2N4O. The Bertz CT molecular complexity index is 1140. The average Bonchev–Trinajstić information content (AvgIpc) is 2.95. The summed E-state index contributed by atoms with van der Waals surface area (Å²) in [6.07, 6.45) is 6.92. The lowest BCUT2D eigenvalue weighted by atomic mass is 10.0. The summed E-state index contributed by atoms with van der Waals surface area (Å²) in [5, 5.41) is 4.05. The molecule has 3 aromatic rings. The number of halogens is 2. The lowest BCUT2D eigenvalue weighted by Gasteiger charge is -2.06. The highest BCUT2D eigenvalue weighted by atomic mass is 35.5. The van der Waals surface area contributed by atoms with Crippen molar-refractivity contribution in [1.29, 1.82) is 0 Å². The number of nitrogens with zero attached hydrogens (tertiary/aromatic N) is 2. The average molecular weight is 401 g/mol. The summed E-state index contributed by atoms with van der Waals surface area (Å²) in [6.45, 7) is 5.58. The number of hydrogen-bond acceptors (Lipinski definition) is 3. The first-order chi connectivity index (χ1) is 13.0. The second kappa shape index (κ2) is 7.86. The highest BCUT2D eigenvalue weighted by Gasteiger charge is 2.16. The summed E-state index contributed by atoms with van der Waals surface area (Å²) in [6, 6.07) is 6.94. The van der Waals surface area contributed by atoms with Gasteiger partial charge in [-0.05, 0) is 30.8 Å². The zero-order chi connectivity index (χ0) is 19.6. The van der Waals surface area contributed by atoms with E-state index in [4.69, 9.17) is 28.9 Å². The summed E-state index contributed by atoms with van der Waals surface area (Å²) in [5.41, 5.74) is 9.59.